The molecule has 13 rings (SSSR count). The van der Waals surface area contributed by atoms with E-state index in [-0.39, 0.29) is 0 Å². The minimum Gasteiger partial charge on any atom is -0.310 e. The highest BCUT2D eigenvalue weighted by Gasteiger charge is 2.18. The van der Waals surface area contributed by atoms with Crippen LogP contribution in [0, 0.1) is 0 Å². The normalized spacial score (nSPS) is 11.6. The van der Waals surface area contributed by atoms with E-state index in [9.17, 15) is 0 Å². The van der Waals surface area contributed by atoms with Crippen molar-refractivity contribution in [3.63, 3.8) is 0 Å². The quantitative estimate of drug-likeness (QED) is 0.144. The van der Waals surface area contributed by atoms with Gasteiger partial charge < -0.3 is 4.90 Å². The van der Waals surface area contributed by atoms with Crippen molar-refractivity contribution >= 4 is 91.7 Å². The predicted octanol–water partition coefficient (Wildman–Crippen LogP) is 18.8. The first-order valence-corrected chi connectivity index (χ1v) is 23.5. The van der Waals surface area contributed by atoms with Crippen LogP contribution in [-0.2, 0) is 0 Å². The van der Waals surface area contributed by atoms with Crippen LogP contribution in [0.3, 0.4) is 0 Å². The van der Waals surface area contributed by atoms with Crippen LogP contribution in [0.5, 0.6) is 0 Å². The number of rotatable bonds is 7. The summed E-state index contributed by atoms with van der Waals surface area (Å²) in [7, 11) is 0. The molecule has 0 bridgehead atoms. The molecule has 0 radical (unpaired) electrons. The van der Waals surface area contributed by atoms with Gasteiger partial charge in [-0.05, 0) is 130 Å². The molecule has 1 nitrogen and oxygen atoms in total. The predicted molar refractivity (Wildman–Crippen MR) is 286 cm³/mol. The first-order valence-electron chi connectivity index (χ1n) is 22.7. The Bertz CT molecular complexity index is 3980. The summed E-state index contributed by atoms with van der Waals surface area (Å²) < 4.78 is 2.61. The number of thiophene rings is 1. The van der Waals surface area contributed by atoms with Crippen molar-refractivity contribution in [1.82, 2.24) is 0 Å². The molecule has 0 aliphatic carbocycles. The third-order valence-electron chi connectivity index (χ3n) is 13.5. The second-order valence-electron chi connectivity index (χ2n) is 17.2. The summed E-state index contributed by atoms with van der Waals surface area (Å²) in [6.45, 7) is 0. The minimum atomic E-state index is 1.10. The second-order valence-corrected chi connectivity index (χ2v) is 18.3. The lowest BCUT2D eigenvalue weighted by Gasteiger charge is -2.26. The van der Waals surface area contributed by atoms with Crippen molar-refractivity contribution < 1.29 is 0 Å². The van der Waals surface area contributed by atoms with Gasteiger partial charge in [0.2, 0.25) is 0 Å². The van der Waals surface area contributed by atoms with Crippen LogP contribution in [0.25, 0.3) is 108 Å². The summed E-state index contributed by atoms with van der Waals surface area (Å²) >= 11 is 1.89. The van der Waals surface area contributed by atoms with Crippen LogP contribution in [0.1, 0.15) is 0 Å². The monoisotopic (exact) mass is 855 g/mol. The van der Waals surface area contributed by atoms with Crippen LogP contribution in [0.15, 0.2) is 249 Å². The molecule has 1 aromatic heterocycles. The van der Waals surface area contributed by atoms with Crippen LogP contribution < -0.4 is 4.90 Å². The Balaban J connectivity index is 0.913. The van der Waals surface area contributed by atoms with Crippen molar-refractivity contribution in [3.05, 3.63) is 249 Å². The fourth-order valence-electron chi connectivity index (χ4n) is 10.3. The summed E-state index contributed by atoms with van der Waals surface area (Å²) in [6, 6.07) is 91.4. The van der Waals surface area contributed by atoms with Crippen molar-refractivity contribution in [3.8, 4) is 44.5 Å². The van der Waals surface area contributed by atoms with Crippen LogP contribution in [0.2, 0.25) is 0 Å². The summed E-state index contributed by atoms with van der Waals surface area (Å²) in [5, 5.41) is 12.8. The molecule has 0 aliphatic heterocycles. The molecule has 2 heteroatoms. The first-order chi connectivity index (χ1) is 32.7. The van der Waals surface area contributed by atoms with Crippen LogP contribution in [0.4, 0.5) is 17.1 Å². The van der Waals surface area contributed by atoms with E-state index in [1.807, 2.05) is 11.3 Å². The molecular formula is C64H41NS. The maximum absolute atomic E-state index is 2.42. The smallest absolute Gasteiger partial charge is 0.0476 e. The lowest BCUT2D eigenvalue weighted by molar-refractivity contribution is 1.29. The van der Waals surface area contributed by atoms with Gasteiger partial charge in [-0.1, -0.05) is 206 Å². The van der Waals surface area contributed by atoms with Gasteiger partial charge in [-0.25, -0.2) is 0 Å². The number of benzene rings is 12. The molecule has 0 amide bonds. The number of fused-ring (bicyclic) bond motifs is 9. The van der Waals surface area contributed by atoms with Crippen molar-refractivity contribution in [2.24, 2.45) is 0 Å². The van der Waals surface area contributed by atoms with E-state index in [0.717, 1.165) is 17.1 Å². The summed E-state index contributed by atoms with van der Waals surface area (Å²) in [5.74, 6) is 0. The van der Waals surface area contributed by atoms with Crippen LogP contribution >= 0.6 is 11.3 Å². The van der Waals surface area contributed by atoms with Gasteiger partial charge in [-0.15, -0.1) is 11.3 Å². The van der Waals surface area contributed by atoms with Gasteiger partial charge in [0.1, 0.15) is 0 Å². The molecule has 13 aromatic rings. The number of anilines is 3. The Morgan fingerprint density at radius 3 is 1.50 bits per heavy atom. The van der Waals surface area contributed by atoms with Gasteiger partial charge >= 0.3 is 0 Å². The van der Waals surface area contributed by atoms with Crippen molar-refractivity contribution in [2.45, 2.75) is 0 Å². The molecule has 66 heavy (non-hydrogen) atoms. The molecule has 308 valence electrons. The van der Waals surface area contributed by atoms with Gasteiger partial charge in [0.25, 0.3) is 0 Å². The van der Waals surface area contributed by atoms with Crippen molar-refractivity contribution in [2.75, 3.05) is 4.90 Å². The lowest BCUT2D eigenvalue weighted by Crippen LogP contribution is -2.10. The Morgan fingerprint density at radius 2 is 0.758 bits per heavy atom. The molecule has 1 heterocycles. The first kappa shape index (κ1) is 38.2. The van der Waals surface area contributed by atoms with Gasteiger partial charge in [-0.2, -0.15) is 0 Å². The maximum atomic E-state index is 2.42. The van der Waals surface area contributed by atoms with Crippen molar-refractivity contribution in [1.29, 1.82) is 0 Å². The topological polar surface area (TPSA) is 3.24 Å². The molecule has 0 atom stereocenters. The van der Waals surface area contributed by atoms with E-state index in [2.05, 4.69) is 254 Å². The van der Waals surface area contributed by atoms with Gasteiger partial charge in [0.15, 0.2) is 0 Å². The second kappa shape index (κ2) is 15.7. The van der Waals surface area contributed by atoms with Gasteiger partial charge in [0.05, 0.1) is 0 Å². The third kappa shape index (κ3) is 6.45. The maximum Gasteiger partial charge on any atom is 0.0476 e. The molecule has 0 spiro atoms. The molecule has 0 N–H and O–H groups in total. The largest absolute Gasteiger partial charge is 0.310 e. The van der Waals surface area contributed by atoms with Gasteiger partial charge in [0, 0.05) is 37.2 Å². The molecule has 0 unspecified atom stereocenters. The highest BCUT2D eigenvalue weighted by molar-refractivity contribution is 7.26. The fourth-order valence-corrected chi connectivity index (χ4v) is 11.5. The zero-order chi connectivity index (χ0) is 43.6. The van der Waals surface area contributed by atoms with Crippen LogP contribution in [-0.4, -0.2) is 0 Å². The molecule has 12 aromatic carbocycles. The van der Waals surface area contributed by atoms with E-state index in [1.165, 1.54) is 108 Å². The van der Waals surface area contributed by atoms with E-state index in [4.69, 9.17) is 0 Å². The Labute approximate surface area is 387 Å². The third-order valence-corrected chi connectivity index (χ3v) is 14.7. The van der Waals surface area contributed by atoms with Gasteiger partial charge in [-0.3, -0.25) is 0 Å². The highest BCUT2D eigenvalue weighted by Crippen LogP contribution is 2.45. The zero-order valence-electron chi connectivity index (χ0n) is 36.0. The molecular weight excluding hydrogens is 815 g/mol. The average molecular weight is 856 g/mol. The highest BCUT2D eigenvalue weighted by atomic mass is 32.1. The standard InChI is InChI=1S/C64H41NS/c1-2-13-44(14-3-1)53-37-38-54(58-23-9-8-22-57(53)58)47-17-12-18-50(39-47)65(51-34-36-60-61-35-31-45-15-4-7-20-55(45)64(61)66-63(60)41-51)49-32-29-43(30-33-49)42-25-27-46(28-26-42)62-40-48-16-5-6-19-52(48)56-21-10-11-24-59(56)62/h1-41H. The number of nitrogens with zero attached hydrogens (tertiary/aromatic N) is 1. The summed E-state index contributed by atoms with van der Waals surface area (Å²) in [6.07, 6.45) is 0. The molecule has 0 aliphatic rings. The summed E-state index contributed by atoms with van der Waals surface area (Å²) in [5.41, 5.74) is 13.0. The minimum absolute atomic E-state index is 1.10. The zero-order valence-corrected chi connectivity index (χ0v) is 36.8. The van der Waals surface area contributed by atoms with E-state index < -0.39 is 0 Å². The van der Waals surface area contributed by atoms with E-state index >= 15 is 0 Å². The Morgan fingerprint density at radius 1 is 0.242 bits per heavy atom. The van der Waals surface area contributed by atoms with E-state index in [1.54, 1.807) is 0 Å². The Hall–Kier alpha value is -8.30. The number of hydrogen-bond donors (Lipinski definition) is 0. The molecule has 0 fully saturated rings. The van der Waals surface area contributed by atoms with E-state index in [0.29, 0.717) is 0 Å². The molecule has 0 saturated carbocycles. The average Bonchev–Trinajstić information content (AvgIpc) is 3.77. The molecule has 0 saturated heterocycles. The fraction of sp³-hybridized carbons (Fsp3) is 0. The summed E-state index contributed by atoms with van der Waals surface area (Å²) in [4.78, 5) is 2.42. The number of hydrogen-bond acceptors (Lipinski definition) is 2. The SMILES string of the molecule is c1ccc(-c2ccc(-c3cccc(N(c4ccc(-c5ccc(-c6cc7ccccc7c7ccccc67)cc5)cc4)c4ccc5c(c4)sc4c6ccccc6ccc54)c3)c3ccccc23)cc1. The Kier molecular flexibility index (Phi) is 9.11. The lowest BCUT2D eigenvalue weighted by atomic mass is 9.92.